The summed E-state index contributed by atoms with van der Waals surface area (Å²) in [5, 5.41) is 3.05. The summed E-state index contributed by atoms with van der Waals surface area (Å²) < 4.78 is 5.75. The fraction of sp³-hybridized carbons (Fsp3) is 0.409. The van der Waals surface area contributed by atoms with Crippen molar-refractivity contribution in [3.63, 3.8) is 0 Å². The molecule has 2 bridgehead atoms. The van der Waals surface area contributed by atoms with Crippen molar-refractivity contribution < 1.29 is 9.53 Å². The molecule has 3 N–H and O–H groups in total. The number of fused-ring (bicyclic) bond motifs is 2. The zero-order chi connectivity index (χ0) is 17.9. The van der Waals surface area contributed by atoms with Crippen molar-refractivity contribution in [2.45, 2.75) is 38.5 Å². The second kappa shape index (κ2) is 8.87. The Hall–Kier alpha value is -1.88. The molecule has 5 heteroatoms. The van der Waals surface area contributed by atoms with E-state index in [0.29, 0.717) is 25.0 Å². The number of carbonyl (C=O) groups excluding carboxylic acids is 1. The fourth-order valence-corrected chi connectivity index (χ4v) is 4.50. The average molecular weight is 387 g/mol. The summed E-state index contributed by atoms with van der Waals surface area (Å²) in [5.41, 5.74) is 9.36. The Morgan fingerprint density at radius 2 is 1.59 bits per heavy atom. The van der Waals surface area contributed by atoms with Gasteiger partial charge in [0.2, 0.25) is 5.91 Å². The third-order valence-corrected chi connectivity index (χ3v) is 5.89. The molecule has 0 spiro atoms. The summed E-state index contributed by atoms with van der Waals surface area (Å²) in [6, 6.07) is 18.0. The molecule has 2 aliphatic carbocycles. The zero-order valence-corrected chi connectivity index (χ0v) is 16.2. The number of hydrogen-bond donors (Lipinski definition) is 2. The molecule has 1 amide bonds. The number of hydrogen-bond acceptors (Lipinski definition) is 3. The minimum Gasteiger partial charge on any atom is -0.372 e. The van der Waals surface area contributed by atoms with Gasteiger partial charge in [-0.05, 0) is 54.4 Å². The van der Waals surface area contributed by atoms with Gasteiger partial charge in [0.25, 0.3) is 0 Å². The molecule has 27 heavy (non-hydrogen) atoms. The lowest BCUT2D eigenvalue weighted by molar-refractivity contribution is -0.121. The number of anilines is 1. The van der Waals surface area contributed by atoms with Gasteiger partial charge >= 0.3 is 0 Å². The predicted molar refractivity (Wildman–Crippen MR) is 110 cm³/mol. The number of halogens is 1. The van der Waals surface area contributed by atoms with Crippen LogP contribution in [0.3, 0.4) is 0 Å². The van der Waals surface area contributed by atoms with Crippen molar-refractivity contribution >= 4 is 24.0 Å². The lowest BCUT2D eigenvalue weighted by atomic mass is 9.84. The number of rotatable bonds is 6. The zero-order valence-electron chi connectivity index (χ0n) is 15.3. The van der Waals surface area contributed by atoms with Gasteiger partial charge in [-0.1, -0.05) is 42.5 Å². The van der Waals surface area contributed by atoms with Crippen LogP contribution in [0.1, 0.15) is 30.4 Å². The minimum atomic E-state index is -0.0253. The van der Waals surface area contributed by atoms with Crippen molar-refractivity contribution in [1.82, 2.24) is 0 Å². The van der Waals surface area contributed by atoms with Gasteiger partial charge in [0.15, 0.2) is 0 Å². The summed E-state index contributed by atoms with van der Waals surface area (Å²) >= 11 is 0. The summed E-state index contributed by atoms with van der Waals surface area (Å²) in [6.45, 7) is 1.15. The van der Waals surface area contributed by atoms with E-state index in [0.717, 1.165) is 24.1 Å². The number of nitrogens with one attached hydrogen (secondary N) is 1. The summed E-state index contributed by atoms with van der Waals surface area (Å²) in [5.74, 6) is 1.07. The SMILES string of the molecule is Cl.NC1C2CCC(C2)C1C(=O)Nc1ccc(COCc2ccccc2)cc1. The van der Waals surface area contributed by atoms with Crippen molar-refractivity contribution in [1.29, 1.82) is 0 Å². The molecule has 2 aliphatic rings. The van der Waals surface area contributed by atoms with Crippen LogP contribution in [0.5, 0.6) is 0 Å². The molecule has 0 aliphatic heterocycles. The first-order chi connectivity index (χ1) is 12.7. The van der Waals surface area contributed by atoms with Crippen LogP contribution in [-0.4, -0.2) is 11.9 Å². The highest BCUT2D eigenvalue weighted by molar-refractivity contribution is 5.93. The van der Waals surface area contributed by atoms with Gasteiger partial charge in [-0.15, -0.1) is 12.4 Å². The van der Waals surface area contributed by atoms with Crippen molar-refractivity contribution in [3.05, 3.63) is 65.7 Å². The van der Waals surface area contributed by atoms with Crippen LogP contribution in [0.4, 0.5) is 5.69 Å². The predicted octanol–water partition coefficient (Wildman–Crippen LogP) is 4.14. The maximum absolute atomic E-state index is 12.6. The van der Waals surface area contributed by atoms with Gasteiger partial charge in [0.1, 0.15) is 0 Å². The molecule has 4 atom stereocenters. The van der Waals surface area contributed by atoms with Crippen LogP contribution in [0.25, 0.3) is 0 Å². The maximum Gasteiger partial charge on any atom is 0.229 e. The van der Waals surface area contributed by atoms with Crippen LogP contribution in [0.15, 0.2) is 54.6 Å². The molecule has 4 rings (SSSR count). The van der Waals surface area contributed by atoms with E-state index in [1.54, 1.807) is 0 Å². The summed E-state index contributed by atoms with van der Waals surface area (Å²) in [4.78, 5) is 12.6. The number of amides is 1. The Kier molecular flexibility index (Phi) is 6.53. The molecule has 4 nitrogen and oxygen atoms in total. The molecular weight excluding hydrogens is 360 g/mol. The second-order valence-corrected chi connectivity index (χ2v) is 7.60. The summed E-state index contributed by atoms with van der Waals surface area (Å²) in [7, 11) is 0. The third kappa shape index (κ3) is 4.52. The molecule has 4 unspecified atom stereocenters. The smallest absolute Gasteiger partial charge is 0.229 e. The van der Waals surface area contributed by atoms with Crippen LogP contribution >= 0.6 is 12.4 Å². The van der Waals surface area contributed by atoms with Gasteiger partial charge in [-0.2, -0.15) is 0 Å². The molecule has 0 saturated heterocycles. The molecular formula is C22H27ClN2O2. The van der Waals surface area contributed by atoms with Gasteiger partial charge in [0, 0.05) is 11.7 Å². The lowest BCUT2D eigenvalue weighted by Crippen LogP contribution is -2.42. The Balaban J connectivity index is 0.00000210. The van der Waals surface area contributed by atoms with Crippen LogP contribution in [0.2, 0.25) is 0 Å². The van der Waals surface area contributed by atoms with E-state index < -0.39 is 0 Å². The highest BCUT2D eigenvalue weighted by Gasteiger charge is 2.49. The van der Waals surface area contributed by atoms with Gasteiger partial charge in [-0.3, -0.25) is 4.79 Å². The maximum atomic E-state index is 12.6. The molecule has 2 aromatic carbocycles. The summed E-state index contributed by atoms with van der Waals surface area (Å²) in [6.07, 6.45) is 3.46. The van der Waals surface area contributed by atoms with E-state index in [4.69, 9.17) is 10.5 Å². The standard InChI is InChI=1S/C22H26N2O2.ClH/c23-21-18-9-8-17(12-18)20(21)22(25)24-19-10-6-16(7-11-19)14-26-13-15-4-2-1-3-5-15;/h1-7,10-11,17-18,20-21H,8-9,12-14,23H2,(H,24,25);1H. The third-order valence-electron chi connectivity index (χ3n) is 5.89. The Bertz CT molecular complexity index is 749. The van der Waals surface area contributed by atoms with Crippen LogP contribution in [-0.2, 0) is 22.7 Å². The lowest BCUT2D eigenvalue weighted by Gasteiger charge is -2.27. The van der Waals surface area contributed by atoms with E-state index in [2.05, 4.69) is 17.4 Å². The quantitative estimate of drug-likeness (QED) is 0.784. The molecule has 144 valence electrons. The monoisotopic (exact) mass is 386 g/mol. The number of benzene rings is 2. The van der Waals surface area contributed by atoms with Crippen molar-refractivity contribution in [3.8, 4) is 0 Å². The van der Waals surface area contributed by atoms with Crippen molar-refractivity contribution in [2.75, 3.05) is 5.32 Å². The fourth-order valence-electron chi connectivity index (χ4n) is 4.50. The van der Waals surface area contributed by atoms with E-state index in [1.165, 1.54) is 12.0 Å². The number of nitrogens with two attached hydrogens (primary N) is 1. The first-order valence-electron chi connectivity index (χ1n) is 9.48. The largest absolute Gasteiger partial charge is 0.372 e. The van der Waals surface area contributed by atoms with E-state index in [1.807, 2.05) is 42.5 Å². The number of ether oxygens (including phenoxy) is 1. The topological polar surface area (TPSA) is 64.4 Å². The minimum absolute atomic E-state index is 0. The molecule has 2 saturated carbocycles. The molecule has 2 aromatic rings. The Morgan fingerprint density at radius 3 is 2.22 bits per heavy atom. The number of carbonyl (C=O) groups is 1. The van der Waals surface area contributed by atoms with Crippen LogP contribution < -0.4 is 11.1 Å². The molecule has 0 aromatic heterocycles. The van der Waals surface area contributed by atoms with Crippen LogP contribution in [0, 0.1) is 17.8 Å². The van der Waals surface area contributed by atoms with E-state index in [-0.39, 0.29) is 30.3 Å². The second-order valence-electron chi connectivity index (χ2n) is 7.60. The van der Waals surface area contributed by atoms with Gasteiger partial charge in [-0.25, -0.2) is 0 Å². The van der Waals surface area contributed by atoms with E-state index >= 15 is 0 Å². The first kappa shape index (κ1) is 19.9. The first-order valence-corrected chi connectivity index (χ1v) is 9.48. The van der Waals surface area contributed by atoms with E-state index in [9.17, 15) is 4.79 Å². The van der Waals surface area contributed by atoms with Gasteiger partial charge in [0.05, 0.1) is 19.1 Å². The highest BCUT2D eigenvalue weighted by atomic mass is 35.5. The molecule has 0 radical (unpaired) electrons. The normalized spacial score (nSPS) is 25.8. The highest BCUT2D eigenvalue weighted by Crippen LogP contribution is 2.47. The average Bonchev–Trinajstić information content (AvgIpc) is 3.25. The Labute approximate surface area is 166 Å². The van der Waals surface area contributed by atoms with Gasteiger partial charge < -0.3 is 15.8 Å². The molecule has 2 fully saturated rings. The Morgan fingerprint density at radius 1 is 0.963 bits per heavy atom. The molecule has 0 heterocycles. The van der Waals surface area contributed by atoms with Crippen molar-refractivity contribution in [2.24, 2.45) is 23.5 Å².